The van der Waals surface area contributed by atoms with Crippen LogP contribution in [0.15, 0.2) is 12.4 Å². The summed E-state index contributed by atoms with van der Waals surface area (Å²) in [5.41, 5.74) is 0.953. The minimum atomic E-state index is -0.748. The highest BCUT2D eigenvalue weighted by atomic mass is 16.5. The second-order valence-corrected chi connectivity index (χ2v) is 5.62. The molecule has 0 aliphatic heterocycles. The number of aryl methyl sites for hydroxylation is 1. The van der Waals surface area contributed by atoms with Crippen molar-refractivity contribution in [3.63, 3.8) is 0 Å². The van der Waals surface area contributed by atoms with Crippen LogP contribution in [-0.4, -0.2) is 33.6 Å². The standard InChI is InChI=1S/C17H26N2O4/c1-3-23-17(22)10-14(15-11-18-13(2)19-12-15)8-6-4-5-7-9-16(20)21/h11-12,14H,3-10H2,1-2H3,(H,20,21). The molecular formula is C17H26N2O4. The highest BCUT2D eigenvalue weighted by molar-refractivity contribution is 5.70. The van der Waals surface area contributed by atoms with Gasteiger partial charge in [0, 0.05) is 18.8 Å². The van der Waals surface area contributed by atoms with E-state index in [1.54, 1.807) is 19.3 Å². The van der Waals surface area contributed by atoms with E-state index in [0.717, 1.165) is 31.2 Å². The number of carboxylic acids is 1. The van der Waals surface area contributed by atoms with E-state index in [2.05, 4.69) is 9.97 Å². The SMILES string of the molecule is CCOC(=O)CC(CCCCCCC(=O)O)c1cnc(C)nc1. The van der Waals surface area contributed by atoms with Gasteiger partial charge in [-0.3, -0.25) is 9.59 Å². The van der Waals surface area contributed by atoms with Crippen molar-refractivity contribution in [1.29, 1.82) is 0 Å². The zero-order valence-corrected chi connectivity index (χ0v) is 14.0. The third-order valence-corrected chi connectivity index (χ3v) is 3.68. The summed E-state index contributed by atoms with van der Waals surface area (Å²) in [6, 6.07) is 0. The van der Waals surface area contributed by atoms with E-state index in [0.29, 0.717) is 25.3 Å². The molecule has 1 unspecified atom stereocenters. The van der Waals surface area contributed by atoms with Crippen LogP contribution in [0.3, 0.4) is 0 Å². The normalized spacial score (nSPS) is 11.9. The Balaban J connectivity index is 2.49. The Morgan fingerprint density at radius 3 is 2.43 bits per heavy atom. The van der Waals surface area contributed by atoms with E-state index in [-0.39, 0.29) is 18.3 Å². The number of nitrogens with zero attached hydrogens (tertiary/aromatic N) is 2. The molecule has 0 radical (unpaired) electrons. The van der Waals surface area contributed by atoms with Gasteiger partial charge in [-0.05, 0) is 38.2 Å². The molecular weight excluding hydrogens is 296 g/mol. The minimum Gasteiger partial charge on any atom is -0.481 e. The van der Waals surface area contributed by atoms with Crippen LogP contribution in [0.4, 0.5) is 0 Å². The van der Waals surface area contributed by atoms with Gasteiger partial charge in [0.1, 0.15) is 5.82 Å². The molecule has 1 N–H and O–H groups in total. The number of carbonyl (C=O) groups is 2. The van der Waals surface area contributed by atoms with Gasteiger partial charge in [0.05, 0.1) is 13.0 Å². The largest absolute Gasteiger partial charge is 0.481 e. The Morgan fingerprint density at radius 1 is 1.17 bits per heavy atom. The number of aliphatic carboxylic acids is 1. The minimum absolute atomic E-state index is 0.0501. The second-order valence-electron chi connectivity index (χ2n) is 5.62. The van der Waals surface area contributed by atoms with Crippen molar-refractivity contribution in [3.05, 3.63) is 23.8 Å². The topological polar surface area (TPSA) is 89.4 Å². The quantitative estimate of drug-likeness (QED) is 0.497. The van der Waals surface area contributed by atoms with Gasteiger partial charge < -0.3 is 9.84 Å². The number of hydrogen-bond donors (Lipinski definition) is 1. The van der Waals surface area contributed by atoms with Gasteiger partial charge in [-0.25, -0.2) is 9.97 Å². The van der Waals surface area contributed by atoms with Crippen LogP contribution in [0, 0.1) is 6.92 Å². The van der Waals surface area contributed by atoms with Crippen molar-refractivity contribution in [2.24, 2.45) is 0 Å². The molecule has 0 saturated carbocycles. The van der Waals surface area contributed by atoms with E-state index in [4.69, 9.17) is 9.84 Å². The van der Waals surface area contributed by atoms with Crippen molar-refractivity contribution in [3.8, 4) is 0 Å². The molecule has 0 saturated heterocycles. The van der Waals surface area contributed by atoms with Crippen LogP contribution in [0.5, 0.6) is 0 Å². The maximum atomic E-state index is 11.8. The molecule has 6 nitrogen and oxygen atoms in total. The van der Waals surface area contributed by atoms with Crippen LogP contribution in [0.25, 0.3) is 0 Å². The van der Waals surface area contributed by atoms with E-state index < -0.39 is 5.97 Å². The molecule has 6 heteroatoms. The van der Waals surface area contributed by atoms with Gasteiger partial charge in [-0.15, -0.1) is 0 Å². The van der Waals surface area contributed by atoms with Crippen LogP contribution in [-0.2, 0) is 14.3 Å². The number of carboxylic acid groups (broad SMARTS) is 1. The van der Waals surface area contributed by atoms with Crippen LogP contribution < -0.4 is 0 Å². The van der Waals surface area contributed by atoms with E-state index in [9.17, 15) is 9.59 Å². The Kier molecular flexibility index (Phi) is 8.87. The van der Waals surface area contributed by atoms with Crippen LogP contribution >= 0.6 is 0 Å². The Bertz CT molecular complexity index is 488. The summed E-state index contributed by atoms with van der Waals surface area (Å²) in [5, 5.41) is 8.61. The summed E-state index contributed by atoms with van der Waals surface area (Å²) in [6.07, 6.45) is 8.43. The average molecular weight is 322 g/mol. The lowest BCUT2D eigenvalue weighted by molar-refractivity contribution is -0.143. The molecule has 1 aromatic heterocycles. The molecule has 0 aliphatic rings. The van der Waals surface area contributed by atoms with Crippen molar-refractivity contribution < 1.29 is 19.4 Å². The lowest BCUT2D eigenvalue weighted by Gasteiger charge is -2.16. The molecule has 0 spiro atoms. The highest BCUT2D eigenvalue weighted by Crippen LogP contribution is 2.26. The maximum Gasteiger partial charge on any atom is 0.306 e. The summed E-state index contributed by atoms with van der Waals surface area (Å²) in [7, 11) is 0. The summed E-state index contributed by atoms with van der Waals surface area (Å²) in [4.78, 5) is 30.6. The predicted molar refractivity (Wildman–Crippen MR) is 86.1 cm³/mol. The number of carbonyl (C=O) groups excluding carboxylic acids is 1. The van der Waals surface area contributed by atoms with Gasteiger partial charge >= 0.3 is 11.9 Å². The first-order chi connectivity index (χ1) is 11.0. The third-order valence-electron chi connectivity index (χ3n) is 3.68. The lowest BCUT2D eigenvalue weighted by atomic mass is 9.92. The van der Waals surface area contributed by atoms with E-state index in [1.165, 1.54) is 0 Å². The number of rotatable bonds is 11. The van der Waals surface area contributed by atoms with Crippen molar-refractivity contribution in [2.75, 3.05) is 6.61 Å². The molecule has 23 heavy (non-hydrogen) atoms. The van der Waals surface area contributed by atoms with Crippen LogP contribution in [0.1, 0.15) is 69.2 Å². The summed E-state index contributed by atoms with van der Waals surface area (Å²) in [5.74, 6) is -0.197. The number of aromatic nitrogens is 2. The number of esters is 1. The molecule has 0 bridgehead atoms. The molecule has 1 heterocycles. The first kappa shape index (κ1) is 19.1. The van der Waals surface area contributed by atoms with E-state index >= 15 is 0 Å². The Labute approximate surface area is 137 Å². The molecule has 1 atom stereocenters. The summed E-state index contributed by atoms with van der Waals surface area (Å²) < 4.78 is 5.04. The zero-order valence-electron chi connectivity index (χ0n) is 14.0. The molecule has 0 fully saturated rings. The molecule has 0 aliphatic carbocycles. The fourth-order valence-electron chi connectivity index (χ4n) is 2.44. The fraction of sp³-hybridized carbons (Fsp3) is 0.647. The zero-order chi connectivity index (χ0) is 17.1. The first-order valence-corrected chi connectivity index (χ1v) is 8.19. The van der Waals surface area contributed by atoms with E-state index in [1.807, 2.05) is 6.92 Å². The molecule has 1 rings (SSSR count). The fourth-order valence-corrected chi connectivity index (χ4v) is 2.44. The van der Waals surface area contributed by atoms with Gasteiger partial charge in [0.2, 0.25) is 0 Å². The summed E-state index contributed by atoms with van der Waals surface area (Å²) in [6.45, 7) is 4.00. The first-order valence-electron chi connectivity index (χ1n) is 8.19. The summed E-state index contributed by atoms with van der Waals surface area (Å²) >= 11 is 0. The maximum absolute atomic E-state index is 11.8. The van der Waals surface area contributed by atoms with Crippen LogP contribution in [0.2, 0.25) is 0 Å². The molecule has 1 aromatic rings. The smallest absolute Gasteiger partial charge is 0.306 e. The van der Waals surface area contributed by atoms with Crippen molar-refractivity contribution >= 4 is 11.9 Å². The average Bonchev–Trinajstić information content (AvgIpc) is 2.50. The van der Waals surface area contributed by atoms with Gasteiger partial charge in [0.25, 0.3) is 0 Å². The number of unbranched alkanes of at least 4 members (excludes halogenated alkanes) is 3. The van der Waals surface area contributed by atoms with Gasteiger partial charge in [0.15, 0.2) is 0 Å². The predicted octanol–water partition coefficient (Wildman–Crippen LogP) is 3.25. The number of ether oxygens (including phenoxy) is 1. The number of hydrogen-bond acceptors (Lipinski definition) is 5. The Hall–Kier alpha value is -1.98. The van der Waals surface area contributed by atoms with Gasteiger partial charge in [-0.1, -0.05) is 19.3 Å². The molecule has 128 valence electrons. The van der Waals surface area contributed by atoms with Crippen molar-refractivity contribution in [1.82, 2.24) is 9.97 Å². The second kappa shape index (κ2) is 10.7. The molecule has 0 amide bonds. The monoisotopic (exact) mass is 322 g/mol. The Morgan fingerprint density at radius 2 is 1.83 bits per heavy atom. The van der Waals surface area contributed by atoms with Gasteiger partial charge in [-0.2, -0.15) is 0 Å². The molecule has 0 aromatic carbocycles. The third kappa shape index (κ3) is 8.28. The lowest BCUT2D eigenvalue weighted by Crippen LogP contribution is -2.11. The van der Waals surface area contributed by atoms with Crippen molar-refractivity contribution in [2.45, 2.75) is 64.7 Å². The highest BCUT2D eigenvalue weighted by Gasteiger charge is 2.17.